The van der Waals surface area contributed by atoms with Gasteiger partial charge in [0.25, 0.3) is 5.91 Å². The second-order valence-corrected chi connectivity index (χ2v) is 6.05. The van der Waals surface area contributed by atoms with Gasteiger partial charge in [-0.1, -0.05) is 31.4 Å². The minimum Gasteiger partial charge on any atom is -0.369 e. The zero-order valence-electron chi connectivity index (χ0n) is 14.1. The molecule has 0 aliphatic heterocycles. The normalized spacial score (nSPS) is 14.2. The number of nitrogens with one attached hydrogen (secondary N) is 2. The van der Waals surface area contributed by atoms with Crippen LogP contribution in [0.1, 0.15) is 68.8 Å². The smallest absolute Gasteiger partial charge is 0.271 e. The largest absolute Gasteiger partial charge is 0.369 e. The molecule has 0 unspecified atom stereocenters. The number of allylic oxidation sites excluding steroid dienone is 1. The van der Waals surface area contributed by atoms with Gasteiger partial charge in [-0.3, -0.25) is 4.79 Å². The van der Waals surface area contributed by atoms with Crippen LogP contribution >= 0.6 is 0 Å². The van der Waals surface area contributed by atoms with Gasteiger partial charge in [0.05, 0.1) is 0 Å². The van der Waals surface area contributed by atoms with E-state index in [0.29, 0.717) is 12.2 Å². The quantitative estimate of drug-likeness (QED) is 0.538. The summed E-state index contributed by atoms with van der Waals surface area (Å²) in [4.78, 5) is 12.0. The van der Waals surface area contributed by atoms with Crippen LogP contribution in [0.5, 0.6) is 0 Å². The molecule has 126 valence electrons. The molecule has 1 aromatic heterocycles. The molecule has 2 N–H and O–H groups in total. The maximum absolute atomic E-state index is 12.0. The zero-order chi connectivity index (χ0) is 16.3. The van der Waals surface area contributed by atoms with Crippen molar-refractivity contribution in [3.05, 3.63) is 29.5 Å². The van der Waals surface area contributed by atoms with Crippen LogP contribution in [0.4, 0.5) is 5.82 Å². The van der Waals surface area contributed by atoms with Crippen molar-refractivity contribution in [1.29, 1.82) is 0 Å². The van der Waals surface area contributed by atoms with Crippen molar-refractivity contribution >= 4 is 11.7 Å². The SMILES string of the molecule is CCCCCNc1ccc(C(=O)NCCC2=CCCCC2)nn1. The van der Waals surface area contributed by atoms with Gasteiger partial charge >= 0.3 is 0 Å². The molecule has 1 heterocycles. The highest BCUT2D eigenvalue weighted by Gasteiger charge is 2.09. The molecule has 5 heteroatoms. The number of rotatable bonds is 9. The van der Waals surface area contributed by atoms with Gasteiger partial charge in [0.2, 0.25) is 0 Å². The fraction of sp³-hybridized carbons (Fsp3) is 0.611. The summed E-state index contributed by atoms with van der Waals surface area (Å²) in [5, 5.41) is 14.2. The highest BCUT2D eigenvalue weighted by atomic mass is 16.1. The van der Waals surface area contributed by atoms with Crippen molar-refractivity contribution in [3.63, 3.8) is 0 Å². The van der Waals surface area contributed by atoms with Crippen LogP contribution in [-0.4, -0.2) is 29.2 Å². The molecule has 1 amide bonds. The average Bonchev–Trinajstić information content (AvgIpc) is 2.60. The first-order valence-corrected chi connectivity index (χ1v) is 8.83. The molecule has 0 bridgehead atoms. The number of anilines is 1. The molecule has 2 rings (SSSR count). The Hall–Kier alpha value is -1.91. The predicted octanol–water partition coefficient (Wildman–Crippen LogP) is 3.70. The lowest BCUT2D eigenvalue weighted by atomic mass is 9.97. The number of nitrogens with zero attached hydrogens (tertiary/aromatic N) is 2. The summed E-state index contributed by atoms with van der Waals surface area (Å²) in [5.41, 5.74) is 1.84. The van der Waals surface area contributed by atoms with Crippen LogP contribution in [0.15, 0.2) is 23.8 Å². The lowest BCUT2D eigenvalue weighted by Gasteiger charge is -2.12. The topological polar surface area (TPSA) is 66.9 Å². The Balaban J connectivity index is 1.70. The Bertz CT molecular complexity index is 510. The number of aromatic nitrogens is 2. The highest BCUT2D eigenvalue weighted by Crippen LogP contribution is 2.19. The lowest BCUT2D eigenvalue weighted by Crippen LogP contribution is -2.26. The van der Waals surface area contributed by atoms with E-state index in [0.717, 1.165) is 25.2 Å². The van der Waals surface area contributed by atoms with Crippen LogP contribution < -0.4 is 10.6 Å². The number of unbranched alkanes of at least 4 members (excludes halogenated alkanes) is 2. The molecule has 5 nitrogen and oxygen atoms in total. The third kappa shape index (κ3) is 6.38. The maximum atomic E-state index is 12.0. The molecular formula is C18H28N4O. The fourth-order valence-corrected chi connectivity index (χ4v) is 2.70. The van der Waals surface area contributed by atoms with Crippen molar-refractivity contribution in [3.8, 4) is 0 Å². The van der Waals surface area contributed by atoms with Gasteiger partial charge < -0.3 is 10.6 Å². The predicted molar refractivity (Wildman–Crippen MR) is 93.5 cm³/mol. The molecule has 1 aromatic rings. The van der Waals surface area contributed by atoms with Gasteiger partial charge in [0.1, 0.15) is 5.82 Å². The van der Waals surface area contributed by atoms with Gasteiger partial charge in [0.15, 0.2) is 5.69 Å². The van der Waals surface area contributed by atoms with E-state index in [1.54, 1.807) is 6.07 Å². The Morgan fingerprint density at radius 1 is 1.17 bits per heavy atom. The molecule has 0 saturated heterocycles. The molecule has 1 aliphatic carbocycles. The summed E-state index contributed by atoms with van der Waals surface area (Å²) in [7, 11) is 0. The summed E-state index contributed by atoms with van der Waals surface area (Å²) < 4.78 is 0. The molecule has 0 fully saturated rings. The summed E-state index contributed by atoms with van der Waals surface area (Å²) in [6.45, 7) is 3.74. The monoisotopic (exact) mass is 316 g/mol. The van der Waals surface area contributed by atoms with Crippen LogP contribution in [-0.2, 0) is 0 Å². The minimum atomic E-state index is -0.147. The second kappa shape index (κ2) is 9.98. The first kappa shape index (κ1) is 17.4. The van der Waals surface area contributed by atoms with Gasteiger partial charge in [-0.25, -0.2) is 0 Å². The van der Waals surface area contributed by atoms with Gasteiger partial charge in [-0.05, 0) is 50.7 Å². The highest BCUT2D eigenvalue weighted by molar-refractivity contribution is 5.92. The van der Waals surface area contributed by atoms with E-state index in [9.17, 15) is 4.79 Å². The molecule has 0 atom stereocenters. The van der Waals surface area contributed by atoms with Crippen molar-refractivity contribution in [2.45, 2.75) is 58.3 Å². The third-order valence-electron chi connectivity index (χ3n) is 4.10. The van der Waals surface area contributed by atoms with Crippen molar-refractivity contribution < 1.29 is 4.79 Å². The van der Waals surface area contributed by atoms with Crippen molar-refractivity contribution in [2.75, 3.05) is 18.4 Å². The standard InChI is InChI=1S/C18H28N4O/c1-2-3-7-13-19-17-11-10-16(21-22-17)18(23)20-14-12-15-8-5-4-6-9-15/h8,10-11H,2-7,9,12-14H2,1H3,(H,19,22)(H,20,23). The number of amides is 1. The molecular weight excluding hydrogens is 288 g/mol. The Morgan fingerprint density at radius 3 is 2.78 bits per heavy atom. The first-order chi connectivity index (χ1) is 11.3. The van der Waals surface area contributed by atoms with Gasteiger partial charge in [-0.2, -0.15) is 0 Å². The number of hydrogen-bond acceptors (Lipinski definition) is 4. The van der Waals surface area contributed by atoms with Gasteiger partial charge in [0, 0.05) is 13.1 Å². The molecule has 0 radical (unpaired) electrons. The van der Waals surface area contributed by atoms with E-state index in [2.05, 4.69) is 33.8 Å². The molecule has 1 aliphatic rings. The fourth-order valence-electron chi connectivity index (χ4n) is 2.70. The summed E-state index contributed by atoms with van der Waals surface area (Å²) in [6.07, 6.45) is 11.7. The molecule has 0 spiro atoms. The Kier molecular flexibility index (Phi) is 7.57. The Labute approximate surface area is 139 Å². The van der Waals surface area contributed by atoms with E-state index in [1.165, 1.54) is 44.1 Å². The molecule has 0 aromatic carbocycles. The number of carbonyl (C=O) groups is 1. The van der Waals surface area contributed by atoms with Gasteiger partial charge in [-0.15, -0.1) is 10.2 Å². The Morgan fingerprint density at radius 2 is 2.09 bits per heavy atom. The average molecular weight is 316 g/mol. The van der Waals surface area contributed by atoms with E-state index in [4.69, 9.17) is 0 Å². The van der Waals surface area contributed by atoms with E-state index >= 15 is 0 Å². The lowest BCUT2D eigenvalue weighted by molar-refractivity contribution is 0.0948. The van der Waals surface area contributed by atoms with E-state index < -0.39 is 0 Å². The number of carbonyl (C=O) groups excluding carboxylic acids is 1. The van der Waals surface area contributed by atoms with Crippen LogP contribution in [0.25, 0.3) is 0 Å². The summed E-state index contributed by atoms with van der Waals surface area (Å²) in [5.74, 6) is 0.580. The third-order valence-corrected chi connectivity index (χ3v) is 4.10. The summed E-state index contributed by atoms with van der Waals surface area (Å²) in [6, 6.07) is 3.54. The summed E-state index contributed by atoms with van der Waals surface area (Å²) >= 11 is 0. The minimum absolute atomic E-state index is 0.147. The van der Waals surface area contributed by atoms with E-state index in [1.807, 2.05) is 6.07 Å². The van der Waals surface area contributed by atoms with Crippen LogP contribution in [0.3, 0.4) is 0 Å². The van der Waals surface area contributed by atoms with Crippen molar-refractivity contribution in [2.24, 2.45) is 0 Å². The van der Waals surface area contributed by atoms with Crippen LogP contribution in [0.2, 0.25) is 0 Å². The first-order valence-electron chi connectivity index (χ1n) is 8.83. The van der Waals surface area contributed by atoms with Crippen molar-refractivity contribution in [1.82, 2.24) is 15.5 Å². The van der Waals surface area contributed by atoms with E-state index in [-0.39, 0.29) is 5.91 Å². The zero-order valence-corrected chi connectivity index (χ0v) is 14.1. The molecule has 0 saturated carbocycles. The second-order valence-electron chi connectivity index (χ2n) is 6.05. The van der Waals surface area contributed by atoms with Crippen LogP contribution in [0, 0.1) is 0 Å². The number of hydrogen-bond donors (Lipinski definition) is 2. The molecule has 23 heavy (non-hydrogen) atoms. The maximum Gasteiger partial charge on any atom is 0.271 e.